The van der Waals surface area contributed by atoms with Crippen molar-refractivity contribution < 1.29 is 0 Å². The molecule has 0 aliphatic carbocycles. The molecule has 0 unspecified atom stereocenters. The summed E-state index contributed by atoms with van der Waals surface area (Å²) in [7, 11) is 0. The first-order valence-corrected chi connectivity index (χ1v) is 6.60. The summed E-state index contributed by atoms with van der Waals surface area (Å²) in [4.78, 5) is 10.8. The van der Waals surface area contributed by atoms with Crippen LogP contribution in [0.5, 0.6) is 0 Å². The SMILES string of the molecule is Cc1sc2ncnc(S[C@@H](C)C#N)c2c1C. The summed E-state index contributed by atoms with van der Waals surface area (Å²) in [5.41, 5.74) is 1.23. The van der Waals surface area contributed by atoms with Crippen LogP contribution in [-0.4, -0.2) is 15.2 Å². The van der Waals surface area contributed by atoms with Crippen LogP contribution in [0.25, 0.3) is 10.2 Å². The Morgan fingerprint density at radius 2 is 2.19 bits per heavy atom. The Morgan fingerprint density at radius 1 is 1.44 bits per heavy atom. The van der Waals surface area contributed by atoms with Crippen LogP contribution in [0.2, 0.25) is 0 Å². The average molecular weight is 249 g/mol. The van der Waals surface area contributed by atoms with Crippen molar-refractivity contribution in [2.45, 2.75) is 31.0 Å². The minimum absolute atomic E-state index is 0.0855. The molecule has 0 aromatic carbocycles. The van der Waals surface area contributed by atoms with E-state index in [1.807, 2.05) is 6.92 Å². The normalized spacial score (nSPS) is 12.6. The monoisotopic (exact) mass is 249 g/mol. The van der Waals surface area contributed by atoms with E-state index < -0.39 is 0 Å². The molecule has 16 heavy (non-hydrogen) atoms. The highest BCUT2D eigenvalue weighted by Gasteiger charge is 2.14. The number of fused-ring (bicyclic) bond motifs is 1. The lowest BCUT2D eigenvalue weighted by molar-refractivity contribution is 1.09. The standard InChI is InChI=1S/C11H11N3S2/c1-6(4-12)15-10-9-7(2)8(3)16-11(9)14-5-13-10/h5-6H,1-3H3/t6-/m0/s1. The predicted molar refractivity (Wildman–Crippen MR) is 67.8 cm³/mol. The Balaban J connectivity index is 2.57. The molecule has 0 fully saturated rings. The molecule has 0 aliphatic rings. The van der Waals surface area contributed by atoms with Gasteiger partial charge in [0.1, 0.15) is 16.2 Å². The van der Waals surface area contributed by atoms with Crippen LogP contribution in [0.15, 0.2) is 11.4 Å². The Kier molecular flexibility index (Phi) is 3.13. The fraction of sp³-hybridized carbons (Fsp3) is 0.364. The number of thiophene rings is 1. The summed E-state index contributed by atoms with van der Waals surface area (Å²) >= 11 is 3.18. The molecule has 5 heteroatoms. The van der Waals surface area contributed by atoms with Gasteiger partial charge in [-0.05, 0) is 26.3 Å². The van der Waals surface area contributed by atoms with Gasteiger partial charge in [-0.1, -0.05) is 11.8 Å². The molecular weight excluding hydrogens is 238 g/mol. The lowest BCUT2D eigenvalue weighted by atomic mass is 10.2. The molecule has 0 radical (unpaired) electrons. The van der Waals surface area contributed by atoms with Crippen molar-refractivity contribution in [2.24, 2.45) is 0 Å². The van der Waals surface area contributed by atoms with Gasteiger partial charge >= 0.3 is 0 Å². The first-order chi connectivity index (χ1) is 7.63. The van der Waals surface area contributed by atoms with E-state index in [1.54, 1.807) is 17.7 Å². The summed E-state index contributed by atoms with van der Waals surface area (Å²) in [6, 6.07) is 2.21. The Bertz CT molecular complexity index is 568. The minimum atomic E-state index is -0.0855. The molecule has 0 N–H and O–H groups in total. The number of nitriles is 1. The molecule has 0 spiro atoms. The molecule has 0 saturated carbocycles. The first kappa shape index (κ1) is 11.4. The second kappa shape index (κ2) is 4.40. The van der Waals surface area contributed by atoms with Crippen LogP contribution in [0.3, 0.4) is 0 Å². The van der Waals surface area contributed by atoms with Crippen molar-refractivity contribution in [3.05, 3.63) is 16.8 Å². The van der Waals surface area contributed by atoms with Crippen molar-refractivity contribution in [3.8, 4) is 6.07 Å². The zero-order valence-electron chi connectivity index (χ0n) is 9.31. The van der Waals surface area contributed by atoms with E-state index >= 15 is 0 Å². The summed E-state index contributed by atoms with van der Waals surface area (Å²) in [6.07, 6.45) is 1.57. The largest absolute Gasteiger partial charge is 0.229 e. The fourth-order valence-corrected chi connectivity index (χ4v) is 3.36. The van der Waals surface area contributed by atoms with Gasteiger partial charge in [0.25, 0.3) is 0 Å². The van der Waals surface area contributed by atoms with Gasteiger partial charge in [0.05, 0.1) is 11.3 Å². The third-order valence-electron chi connectivity index (χ3n) is 2.40. The van der Waals surface area contributed by atoms with Crippen molar-refractivity contribution in [1.82, 2.24) is 9.97 Å². The van der Waals surface area contributed by atoms with E-state index in [0.29, 0.717) is 0 Å². The van der Waals surface area contributed by atoms with Gasteiger partial charge < -0.3 is 0 Å². The molecule has 2 heterocycles. The summed E-state index contributed by atoms with van der Waals surface area (Å²) in [5, 5.41) is 10.8. The highest BCUT2D eigenvalue weighted by atomic mass is 32.2. The first-order valence-electron chi connectivity index (χ1n) is 4.90. The number of thioether (sulfide) groups is 1. The van der Waals surface area contributed by atoms with Crippen LogP contribution < -0.4 is 0 Å². The third-order valence-corrected chi connectivity index (χ3v) is 4.51. The number of aryl methyl sites for hydroxylation is 2. The molecule has 82 valence electrons. The highest BCUT2D eigenvalue weighted by Crippen LogP contribution is 2.35. The molecule has 2 rings (SSSR count). The Labute approximate surface area is 103 Å². The van der Waals surface area contributed by atoms with E-state index in [1.165, 1.54) is 22.2 Å². The second-order valence-electron chi connectivity index (χ2n) is 3.53. The van der Waals surface area contributed by atoms with Crippen molar-refractivity contribution in [1.29, 1.82) is 5.26 Å². The second-order valence-corrected chi connectivity index (χ2v) is 6.06. The smallest absolute Gasteiger partial charge is 0.128 e. The average Bonchev–Trinajstić information content (AvgIpc) is 2.56. The zero-order chi connectivity index (χ0) is 11.7. The molecular formula is C11H11N3S2. The maximum absolute atomic E-state index is 8.83. The summed E-state index contributed by atoms with van der Waals surface area (Å²) in [5.74, 6) is 0. The van der Waals surface area contributed by atoms with Crippen molar-refractivity contribution in [3.63, 3.8) is 0 Å². The van der Waals surface area contributed by atoms with Gasteiger partial charge in [-0.15, -0.1) is 11.3 Å². The van der Waals surface area contributed by atoms with E-state index in [4.69, 9.17) is 5.26 Å². The van der Waals surface area contributed by atoms with E-state index in [0.717, 1.165) is 15.2 Å². The molecule has 0 aliphatic heterocycles. The molecule has 1 atom stereocenters. The van der Waals surface area contributed by atoms with Gasteiger partial charge in [-0.3, -0.25) is 0 Å². The van der Waals surface area contributed by atoms with Crippen LogP contribution in [0, 0.1) is 25.2 Å². The lowest BCUT2D eigenvalue weighted by Crippen LogP contribution is -1.93. The predicted octanol–water partition coefficient (Wildman–Crippen LogP) is 3.31. The Hall–Kier alpha value is -1.12. The van der Waals surface area contributed by atoms with E-state index in [9.17, 15) is 0 Å². The molecule has 0 amide bonds. The fourth-order valence-electron chi connectivity index (χ4n) is 1.43. The van der Waals surface area contributed by atoms with Crippen molar-refractivity contribution in [2.75, 3.05) is 0 Å². The Morgan fingerprint density at radius 3 is 2.88 bits per heavy atom. The maximum Gasteiger partial charge on any atom is 0.128 e. The van der Waals surface area contributed by atoms with Gasteiger partial charge in [0.15, 0.2) is 0 Å². The summed E-state index contributed by atoms with van der Waals surface area (Å²) < 4.78 is 0. The number of hydrogen-bond acceptors (Lipinski definition) is 5. The van der Waals surface area contributed by atoms with Crippen LogP contribution in [0.1, 0.15) is 17.4 Å². The molecule has 2 aromatic rings. The highest BCUT2D eigenvalue weighted by molar-refractivity contribution is 8.00. The van der Waals surface area contributed by atoms with E-state index in [2.05, 4.69) is 29.9 Å². The molecule has 0 saturated heterocycles. The lowest BCUT2D eigenvalue weighted by Gasteiger charge is -2.03. The van der Waals surface area contributed by atoms with E-state index in [-0.39, 0.29) is 5.25 Å². The zero-order valence-corrected chi connectivity index (χ0v) is 10.9. The number of hydrogen-bond donors (Lipinski definition) is 0. The van der Waals surface area contributed by atoms with Gasteiger partial charge in [-0.2, -0.15) is 5.26 Å². The number of aromatic nitrogens is 2. The summed E-state index contributed by atoms with van der Waals surface area (Å²) in [6.45, 7) is 6.05. The van der Waals surface area contributed by atoms with Gasteiger partial charge in [0, 0.05) is 10.3 Å². The topological polar surface area (TPSA) is 49.6 Å². The maximum atomic E-state index is 8.83. The minimum Gasteiger partial charge on any atom is -0.229 e. The van der Waals surface area contributed by atoms with Crippen molar-refractivity contribution >= 4 is 33.3 Å². The van der Waals surface area contributed by atoms with Gasteiger partial charge in [-0.25, -0.2) is 9.97 Å². The van der Waals surface area contributed by atoms with Crippen LogP contribution in [-0.2, 0) is 0 Å². The van der Waals surface area contributed by atoms with Crippen LogP contribution >= 0.6 is 23.1 Å². The number of nitrogens with zero attached hydrogens (tertiary/aromatic N) is 3. The third kappa shape index (κ3) is 1.91. The number of rotatable bonds is 2. The molecule has 3 nitrogen and oxygen atoms in total. The van der Waals surface area contributed by atoms with Crippen LogP contribution in [0.4, 0.5) is 0 Å². The molecule has 0 bridgehead atoms. The van der Waals surface area contributed by atoms with Gasteiger partial charge in [0.2, 0.25) is 0 Å². The quantitative estimate of drug-likeness (QED) is 0.605. The molecule has 2 aromatic heterocycles.